The standard InChI is InChI=1S/C17H23N3S/c1-2-7-18-10-15-5-8-19-11-17(15)20(16-3-4-16)12-14-6-9-21-13-14/h5-6,8-9,11,13,16,18H,2-4,7,10,12H2,1H3. The predicted octanol–water partition coefficient (Wildman–Crippen LogP) is 3.81. The van der Waals surface area contributed by atoms with Crippen molar-refractivity contribution in [3.8, 4) is 0 Å². The molecular weight excluding hydrogens is 278 g/mol. The third kappa shape index (κ3) is 3.83. The highest BCUT2D eigenvalue weighted by atomic mass is 32.1. The molecule has 3 nitrogen and oxygen atoms in total. The van der Waals surface area contributed by atoms with Gasteiger partial charge in [-0.2, -0.15) is 11.3 Å². The van der Waals surface area contributed by atoms with Crippen LogP contribution in [-0.2, 0) is 13.1 Å². The molecule has 4 heteroatoms. The van der Waals surface area contributed by atoms with Crippen LogP contribution in [0.3, 0.4) is 0 Å². The van der Waals surface area contributed by atoms with Crippen molar-refractivity contribution in [2.24, 2.45) is 0 Å². The zero-order valence-electron chi connectivity index (χ0n) is 12.6. The molecule has 1 fully saturated rings. The molecule has 3 rings (SSSR count). The lowest BCUT2D eigenvalue weighted by molar-refractivity contribution is 0.669. The highest BCUT2D eigenvalue weighted by Gasteiger charge is 2.30. The van der Waals surface area contributed by atoms with Gasteiger partial charge in [0.1, 0.15) is 0 Å². The van der Waals surface area contributed by atoms with E-state index in [1.165, 1.54) is 36.1 Å². The monoisotopic (exact) mass is 301 g/mol. The zero-order valence-corrected chi connectivity index (χ0v) is 13.4. The Morgan fingerprint density at radius 3 is 3.00 bits per heavy atom. The van der Waals surface area contributed by atoms with Gasteiger partial charge in [0.25, 0.3) is 0 Å². The molecule has 21 heavy (non-hydrogen) atoms. The van der Waals surface area contributed by atoms with Crippen LogP contribution in [0.5, 0.6) is 0 Å². The van der Waals surface area contributed by atoms with Crippen molar-refractivity contribution in [2.75, 3.05) is 11.4 Å². The van der Waals surface area contributed by atoms with E-state index in [0.717, 1.165) is 19.6 Å². The van der Waals surface area contributed by atoms with E-state index in [2.05, 4.69) is 45.0 Å². The Morgan fingerprint density at radius 2 is 2.29 bits per heavy atom. The van der Waals surface area contributed by atoms with Crippen molar-refractivity contribution in [1.82, 2.24) is 10.3 Å². The maximum absolute atomic E-state index is 4.37. The van der Waals surface area contributed by atoms with Gasteiger partial charge in [-0.05, 0) is 59.8 Å². The van der Waals surface area contributed by atoms with Crippen LogP contribution in [0, 0.1) is 0 Å². The molecule has 0 radical (unpaired) electrons. The fourth-order valence-electron chi connectivity index (χ4n) is 2.60. The Kier molecular flexibility index (Phi) is 4.88. The summed E-state index contributed by atoms with van der Waals surface area (Å²) < 4.78 is 0. The summed E-state index contributed by atoms with van der Waals surface area (Å²) in [4.78, 5) is 6.91. The third-order valence-corrected chi connectivity index (χ3v) is 4.59. The molecule has 0 atom stereocenters. The molecule has 1 N–H and O–H groups in total. The van der Waals surface area contributed by atoms with E-state index >= 15 is 0 Å². The minimum atomic E-state index is 0.694. The summed E-state index contributed by atoms with van der Waals surface area (Å²) in [6.45, 7) is 5.20. The molecule has 0 spiro atoms. The summed E-state index contributed by atoms with van der Waals surface area (Å²) in [5.74, 6) is 0. The second kappa shape index (κ2) is 7.05. The molecular formula is C17H23N3S. The summed E-state index contributed by atoms with van der Waals surface area (Å²) in [6.07, 6.45) is 7.72. The minimum Gasteiger partial charge on any atom is -0.363 e. The fraction of sp³-hybridized carbons (Fsp3) is 0.471. The predicted molar refractivity (Wildman–Crippen MR) is 89.8 cm³/mol. The SMILES string of the molecule is CCCNCc1ccncc1N(Cc1ccsc1)C1CC1. The van der Waals surface area contributed by atoms with Crippen LogP contribution in [0.4, 0.5) is 5.69 Å². The van der Waals surface area contributed by atoms with Crippen LogP contribution in [0.2, 0.25) is 0 Å². The first-order valence-electron chi connectivity index (χ1n) is 7.80. The van der Waals surface area contributed by atoms with Gasteiger partial charge in [0.05, 0.1) is 11.9 Å². The number of hydrogen-bond acceptors (Lipinski definition) is 4. The quantitative estimate of drug-likeness (QED) is 0.751. The van der Waals surface area contributed by atoms with E-state index in [1.54, 1.807) is 11.3 Å². The molecule has 1 saturated carbocycles. The lowest BCUT2D eigenvalue weighted by atomic mass is 10.2. The number of nitrogens with zero attached hydrogens (tertiary/aromatic N) is 2. The normalized spacial score (nSPS) is 14.3. The summed E-state index contributed by atoms with van der Waals surface area (Å²) in [5.41, 5.74) is 4.07. The second-order valence-corrected chi connectivity index (χ2v) is 6.45. The molecule has 2 aromatic rings. The van der Waals surface area contributed by atoms with Gasteiger partial charge in [0.15, 0.2) is 0 Å². The number of aromatic nitrogens is 1. The van der Waals surface area contributed by atoms with Gasteiger partial charge in [0, 0.05) is 25.3 Å². The van der Waals surface area contributed by atoms with Gasteiger partial charge in [-0.15, -0.1) is 0 Å². The lowest BCUT2D eigenvalue weighted by Crippen LogP contribution is -2.27. The average Bonchev–Trinajstić information content (AvgIpc) is 3.22. The van der Waals surface area contributed by atoms with Gasteiger partial charge in [-0.25, -0.2) is 0 Å². The number of nitrogens with one attached hydrogen (secondary N) is 1. The van der Waals surface area contributed by atoms with Crippen LogP contribution < -0.4 is 10.2 Å². The maximum atomic E-state index is 4.37. The second-order valence-electron chi connectivity index (χ2n) is 5.67. The highest BCUT2D eigenvalue weighted by Crippen LogP contribution is 2.34. The molecule has 0 aromatic carbocycles. The van der Waals surface area contributed by atoms with Crippen LogP contribution in [0.25, 0.3) is 0 Å². The summed E-state index contributed by atoms with van der Waals surface area (Å²) in [5, 5.41) is 7.92. The molecule has 0 unspecified atom stereocenters. The molecule has 0 bridgehead atoms. The van der Waals surface area contributed by atoms with E-state index in [9.17, 15) is 0 Å². The van der Waals surface area contributed by atoms with Gasteiger partial charge < -0.3 is 10.2 Å². The largest absolute Gasteiger partial charge is 0.363 e. The van der Waals surface area contributed by atoms with Crippen LogP contribution in [0.1, 0.15) is 37.3 Å². The van der Waals surface area contributed by atoms with E-state index in [-0.39, 0.29) is 0 Å². The first-order chi connectivity index (χ1) is 10.4. The number of rotatable bonds is 8. The van der Waals surface area contributed by atoms with Crippen molar-refractivity contribution >= 4 is 17.0 Å². The zero-order chi connectivity index (χ0) is 14.5. The molecule has 2 heterocycles. The molecule has 1 aliphatic carbocycles. The van der Waals surface area contributed by atoms with Gasteiger partial charge in [-0.1, -0.05) is 6.92 Å². The first kappa shape index (κ1) is 14.5. The Bertz CT molecular complexity index is 549. The van der Waals surface area contributed by atoms with Gasteiger partial charge in [-0.3, -0.25) is 4.98 Å². The van der Waals surface area contributed by atoms with E-state index in [0.29, 0.717) is 6.04 Å². The van der Waals surface area contributed by atoms with E-state index in [4.69, 9.17) is 0 Å². The third-order valence-electron chi connectivity index (χ3n) is 3.86. The minimum absolute atomic E-state index is 0.694. The Morgan fingerprint density at radius 1 is 1.38 bits per heavy atom. The van der Waals surface area contributed by atoms with Gasteiger partial charge in [0.2, 0.25) is 0 Å². The topological polar surface area (TPSA) is 28.2 Å². The molecule has 0 aliphatic heterocycles. The summed E-state index contributed by atoms with van der Waals surface area (Å²) in [7, 11) is 0. The summed E-state index contributed by atoms with van der Waals surface area (Å²) in [6, 6.07) is 5.07. The van der Waals surface area contributed by atoms with Crippen LogP contribution >= 0.6 is 11.3 Å². The highest BCUT2D eigenvalue weighted by molar-refractivity contribution is 7.07. The molecule has 112 valence electrons. The van der Waals surface area contributed by atoms with Crippen molar-refractivity contribution in [1.29, 1.82) is 0 Å². The van der Waals surface area contributed by atoms with Crippen LogP contribution in [0.15, 0.2) is 35.3 Å². The molecule has 0 saturated heterocycles. The van der Waals surface area contributed by atoms with Crippen molar-refractivity contribution in [2.45, 2.75) is 45.3 Å². The molecule has 2 aromatic heterocycles. The maximum Gasteiger partial charge on any atom is 0.0603 e. The Hall–Kier alpha value is -1.39. The van der Waals surface area contributed by atoms with Gasteiger partial charge >= 0.3 is 0 Å². The van der Waals surface area contributed by atoms with E-state index < -0.39 is 0 Å². The summed E-state index contributed by atoms with van der Waals surface area (Å²) >= 11 is 1.78. The van der Waals surface area contributed by atoms with Crippen molar-refractivity contribution in [3.63, 3.8) is 0 Å². The van der Waals surface area contributed by atoms with Crippen molar-refractivity contribution < 1.29 is 0 Å². The number of anilines is 1. The Labute approximate surface area is 131 Å². The molecule has 1 aliphatic rings. The first-order valence-corrected chi connectivity index (χ1v) is 8.74. The van der Waals surface area contributed by atoms with E-state index in [1.807, 2.05) is 12.4 Å². The number of hydrogen-bond donors (Lipinski definition) is 1. The lowest BCUT2D eigenvalue weighted by Gasteiger charge is -2.26. The van der Waals surface area contributed by atoms with Crippen LogP contribution in [-0.4, -0.2) is 17.6 Å². The smallest absolute Gasteiger partial charge is 0.0603 e. The number of pyridine rings is 1. The Balaban J connectivity index is 1.78. The van der Waals surface area contributed by atoms with Crippen molar-refractivity contribution in [3.05, 3.63) is 46.4 Å². The molecule has 0 amide bonds. The fourth-order valence-corrected chi connectivity index (χ4v) is 3.26. The average molecular weight is 301 g/mol. The number of thiophene rings is 1.